The highest BCUT2D eigenvalue weighted by Crippen LogP contribution is 2.46. The highest BCUT2D eigenvalue weighted by atomic mass is 28.4. The Labute approximate surface area is 136 Å². The lowest BCUT2D eigenvalue weighted by atomic mass is 9.95. The van der Waals surface area contributed by atoms with Crippen LogP contribution in [-0.2, 0) is 9.22 Å². The van der Waals surface area contributed by atoms with E-state index in [1.54, 1.807) is 0 Å². The quantitative estimate of drug-likeness (QED) is 0.657. The van der Waals surface area contributed by atoms with Crippen LogP contribution in [0.4, 0.5) is 0 Å². The summed E-state index contributed by atoms with van der Waals surface area (Å²) in [6, 6.07) is 0. The Hall–Kier alpha value is -0.673. The summed E-state index contributed by atoms with van der Waals surface area (Å²) in [7, 11) is -1.76. The normalized spacial score (nSPS) is 29.3. The van der Waals surface area contributed by atoms with Crippen LogP contribution in [0, 0.1) is 5.92 Å². The fourth-order valence-corrected chi connectivity index (χ4v) is 5.15. The van der Waals surface area contributed by atoms with Gasteiger partial charge >= 0.3 is 0 Å². The average Bonchev–Trinajstić information content (AvgIpc) is 2.96. The van der Waals surface area contributed by atoms with E-state index in [9.17, 15) is 4.79 Å². The summed E-state index contributed by atoms with van der Waals surface area (Å²) in [5, 5.41) is 0.240. The molecule has 1 fully saturated rings. The van der Waals surface area contributed by atoms with Gasteiger partial charge in [-0.15, -0.1) is 0 Å². The molecule has 3 aliphatic carbocycles. The van der Waals surface area contributed by atoms with E-state index < -0.39 is 8.32 Å². The van der Waals surface area contributed by atoms with Crippen molar-refractivity contribution in [3.63, 3.8) is 0 Å². The number of hydrogen-bond acceptors (Lipinski definition) is 2. The van der Waals surface area contributed by atoms with E-state index in [1.807, 2.05) is 0 Å². The first-order chi connectivity index (χ1) is 10.2. The van der Waals surface area contributed by atoms with Crippen molar-refractivity contribution < 1.29 is 9.22 Å². The van der Waals surface area contributed by atoms with Gasteiger partial charge in [0.05, 0.1) is 6.10 Å². The van der Waals surface area contributed by atoms with Gasteiger partial charge in [-0.3, -0.25) is 4.79 Å². The Kier molecular flexibility index (Phi) is 4.01. The molecule has 0 radical (unpaired) electrons. The average molecular weight is 319 g/mol. The third kappa shape index (κ3) is 2.78. The van der Waals surface area contributed by atoms with Gasteiger partial charge in [0, 0.05) is 6.42 Å². The van der Waals surface area contributed by atoms with E-state index in [0.717, 1.165) is 44.1 Å². The Bertz CT molecular complexity index is 548. The number of ketones is 1. The third-order valence-electron chi connectivity index (χ3n) is 6.23. The molecule has 3 aliphatic rings. The standard InChI is InChI=1S/C19H30O2Si/c1-19(2,3)22(4,5)21-18-10-9-14-12-17(20)15-8-6-7-13(15)11-16(14)18/h11,14,18H,6-10,12H2,1-5H3. The highest BCUT2D eigenvalue weighted by molar-refractivity contribution is 6.74. The number of allylic oxidation sites excluding steroid dienone is 3. The molecule has 2 unspecified atom stereocenters. The highest BCUT2D eigenvalue weighted by Gasteiger charge is 2.43. The molecule has 0 spiro atoms. The maximum absolute atomic E-state index is 12.5. The Morgan fingerprint density at radius 3 is 2.59 bits per heavy atom. The van der Waals surface area contributed by atoms with Crippen molar-refractivity contribution in [3.05, 3.63) is 22.8 Å². The SMILES string of the molecule is CC(C)(C)[Si](C)(C)OC1CCC2CC(=O)C3=C(C=C21)CCC3. The van der Waals surface area contributed by atoms with Crippen molar-refractivity contribution in [2.24, 2.45) is 5.92 Å². The van der Waals surface area contributed by atoms with Crippen molar-refractivity contribution in [1.29, 1.82) is 0 Å². The van der Waals surface area contributed by atoms with Crippen LogP contribution in [0.25, 0.3) is 0 Å². The van der Waals surface area contributed by atoms with Gasteiger partial charge in [0.1, 0.15) is 0 Å². The number of Topliss-reactive ketones (excluding diaryl/α,β-unsaturated/α-hetero) is 1. The molecule has 22 heavy (non-hydrogen) atoms. The molecular formula is C19H30O2Si. The number of fused-ring (bicyclic) bond motifs is 1. The first kappa shape index (κ1) is 16.2. The Balaban J connectivity index is 1.86. The molecule has 0 aliphatic heterocycles. The fraction of sp³-hybridized carbons (Fsp3) is 0.737. The van der Waals surface area contributed by atoms with E-state index in [2.05, 4.69) is 39.9 Å². The summed E-state index contributed by atoms with van der Waals surface area (Å²) in [5.74, 6) is 0.851. The van der Waals surface area contributed by atoms with Crippen molar-refractivity contribution in [3.8, 4) is 0 Å². The second-order valence-corrected chi connectivity index (χ2v) is 13.5. The monoisotopic (exact) mass is 318 g/mol. The van der Waals surface area contributed by atoms with Gasteiger partial charge in [0.2, 0.25) is 0 Å². The maximum Gasteiger partial charge on any atom is 0.192 e. The second kappa shape index (κ2) is 5.45. The lowest BCUT2D eigenvalue weighted by Gasteiger charge is -2.39. The van der Waals surface area contributed by atoms with E-state index >= 15 is 0 Å². The third-order valence-corrected chi connectivity index (χ3v) is 10.7. The topological polar surface area (TPSA) is 26.3 Å². The van der Waals surface area contributed by atoms with Crippen LogP contribution < -0.4 is 0 Å². The first-order valence-electron chi connectivity index (χ1n) is 8.83. The van der Waals surface area contributed by atoms with Gasteiger partial charge < -0.3 is 4.43 Å². The minimum atomic E-state index is -1.76. The number of hydrogen-bond donors (Lipinski definition) is 0. The van der Waals surface area contributed by atoms with Crippen molar-refractivity contribution in [2.75, 3.05) is 0 Å². The molecule has 0 amide bonds. The smallest absolute Gasteiger partial charge is 0.192 e. The fourth-order valence-electron chi connectivity index (χ4n) is 3.83. The van der Waals surface area contributed by atoms with Gasteiger partial charge in [0.15, 0.2) is 14.1 Å². The van der Waals surface area contributed by atoms with Gasteiger partial charge in [-0.2, -0.15) is 0 Å². The molecule has 122 valence electrons. The van der Waals surface area contributed by atoms with Crippen LogP contribution in [0.5, 0.6) is 0 Å². The molecule has 0 bridgehead atoms. The molecule has 1 saturated carbocycles. The molecule has 0 N–H and O–H groups in total. The summed E-state index contributed by atoms with van der Waals surface area (Å²) >= 11 is 0. The van der Waals surface area contributed by atoms with E-state index in [1.165, 1.54) is 11.1 Å². The molecule has 3 rings (SSSR count). The van der Waals surface area contributed by atoms with Crippen LogP contribution in [0.3, 0.4) is 0 Å². The van der Waals surface area contributed by atoms with E-state index in [-0.39, 0.29) is 11.1 Å². The Morgan fingerprint density at radius 2 is 1.91 bits per heavy atom. The summed E-state index contributed by atoms with van der Waals surface area (Å²) < 4.78 is 6.71. The van der Waals surface area contributed by atoms with E-state index in [4.69, 9.17) is 4.43 Å². The van der Waals surface area contributed by atoms with Crippen LogP contribution in [0.1, 0.15) is 59.3 Å². The van der Waals surface area contributed by atoms with E-state index in [0.29, 0.717) is 11.7 Å². The maximum atomic E-state index is 12.5. The minimum absolute atomic E-state index is 0.240. The Morgan fingerprint density at radius 1 is 1.18 bits per heavy atom. The minimum Gasteiger partial charge on any atom is -0.410 e. The van der Waals surface area contributed by atoms with Gasteiger partial charge in [-0.1, -0.05) is 26.8 Å². The molecule has 2 nitrogen and oxygen atoms in total. The van der Waals surface area contributed by atoms with Crippen LogP contribution >= 0.6 is 0 Å². The first-order valence-corrected chi connectivity index (χ1v) is 11.7. The molecule has 2 atom stereocenters. The van der Waals surface area contributed by atoms with Crippen molar-refractivity contribution in [1.82, 2.24) is 0 Å². The molecule has 0 aromatic carbocycles. The molecule has 0 heterocycles. The number of carbonyl (C=O) groups is 1. The van der Waals surface area contributed by atoms with Gasteiger partial charge in [-0.05, 0) is 72.9 Å². The lowest BCUT2D eigenvalue weighted by molar-refractivity contribution is -0.116. The predicted molar refractivity (Wildman–Crippen MR) is 93.4 cm³/mol. The largest absolute Gasteiger partial charge is 0.410 e. The zero-order chi connectivity index (χ0) is 16.1. The zero-order valence-electron chi connectivity index (χ0n) is 14.8. The molecule has 0 saturated heterocycles. The molecular weight excluding hydrogens is 288 g/mol. The summed E-state index contributed by atoms with van der Waals surface area (Å²) in [6.45, 7) is 11.6. The molecule has 0 aromatic rings. The van der Waals surface area contributed by atoms with Gasteiger partial charge in [-0.25, -0.2) is 0 Å². The number of carbonyl (C=O) groups excluding carboxylic acids is 1. The predicted octanol–water partition coefficient (Wildman–Crippen LogP) is 5.17. The number of rotatable bonds is 2. The van der Waals surface area contributed by atoms with Crippen LogP contribution in [0.2, 0.25) is 18.1 Å². The lowest BCUT2D eigenvalue weighted by Crippen LogP contribution is -2.43. The van der Waals surface area contributed by atoms with Crippen molar-refractivity contribution in [2.45, 2.75) is 83.5 Å². The summed E-state index contributed by atoms with van der Waals surface area (Å²) in [5.41, 5.74) is 3.89. The molecule has 0 aromatic heterocycles. The van der Waals surface area contributed by atoms with Gasteiger partial charge in [0.25, 0.3) is 0 Å². The second-order valence-electron chi connectivity index (χ2n) is 8.77. The zero-order valence-corrected chi connectivity index (χ0v) is 15.8. The van der Waals surface area contributed by atoms with Crippen molar-refractivity contribution >= 4 is 14.1 Å². The van der Waals surface area contributed by atoms with Crippen LogP contribution in [-0.4, -0.2) is 20.2 Å². The summed E-state index contributed by atoms with van der Waals surface area (Å²) in [6.07, 6.45) is 8.80. The van der Waals surface area contributed by atoms with Crippen LogP contribution in [0.15, 0.2) is 22.8 Å². The summed E-state index contributed by atoms with van der Waals surface area (Å²) in [4.78, 5) is 12.5. The molecule has 3 heteroatoms.